The minimum absolute atomic E-state index is 0.349. The molecule has 25 rings (SSSR count). The zero-order chi connectivity index (χ0) is 79.7. The lowest BCUT2D eigenvalue weighted by molar-refractivity contribution is 0.590. The van der Waals surface area contributed by atoms with Crippen molar-refractivity contribution in [3.05, 3.63) is 369 Å². The minimum atomic E-state index is -0.376. The molecule has 8 heterocycles. The van der Waals surface area contributed by atoms with E-state index in [-0.39, 0.29) is 24.3 Å². The van der Waals surface area contributed by atoms with Crippen LogP contribution in [0.25, 0.3) is 127 Å². The maximum Gasteiger partial charge on any atom is 0.252 e. The molecule has 17 aromatic carbocycles. The molecule has 566 valence electrons. The Morgan fingerprint density at radius 2 is 0.583 bits per heavy atom. The zero-order valence-corrected chi connectivity index (χ0v) is 67.2. The number of fused-ring (bicyclic) bond motifs is 20. The Morgan fingerprint density at radius 3 is 1.02 bits per heavy atom. The van der Waals surface area contributed by atoms with Gasteiger partial charge in [-0.15, -0.1) is 0 Å². The van der Waals surface area contributed by atoms with Crippen molar-refractivity contribution in [3.63, 3.8) is 0 Å². The van der Waals surface area contributed by atoms with Crippen LogP contribution in [0.15, 0.2) is 371 Å². The van der Waals surface area contributed by atoms with Gasteiger partial charge >= 0.3 is 0 Å². The second-order valence-corrected chi connectivity index (χ2v) is 35.0. The summed E-state index contributed by atoms with van der Waals surface area (Å²) < 4.78 is 24.5. The summed E-state index contributed by atoms with van der Waals surface area (Å²) in [4.78, 5) is 10.5. The highest BCUT2D eigenvalue weighted by Crippen LogP contribution is 2.57. The van der Waals surface area contributed by atoms with Crippen LogP contribution in [0.5, 0.6) is 0 Å². The van der Waals surface area contributed by atoms with Crippen LogP contribution < -0.4 is 52.4 Å². The number of furan rings is 3. The molecule has 4 aliphatic rings. The van der Waals surface area contributed by atoms with E-state index >= 15 is 0 Å². The summed E-state index contributed by atoms with van der Waals surface area (Å²) in [6.07, 6.45) is 0. The van der Waals surface area contributed by atoms with Gasteiger partial charge in [-0.25, -0.2) is 0 Å². The van der Waals surface area contributed by atoms with E-state index in [0.717, 1.165) is 184 Å². The van der Waals surface area contributed by atoms with Gasteiger partial charge < -0.3 is 37.4 Å². The van der Waals surface area contributed by atoms with Gasteiger partial charge in [0.15, 0.2) is 16.7 Å². The third-order valence-corrected chi connectivity index (χ3v) is 26.2. The highest BCUT2D eigenvalue weighted by Gasteiger charge is 2.51. The summed E-state index contributed by atoms with van der Waals surface area (Å²) in [5, 5.41) is 8.80. The molecule has 0 atom stereocenters. The molecule has 0 aliphatic carbocycles. The van der Waals surface area contributed by atoms with Gasteiger partial charge in [-0.2, -0.15) is 0 Å². The number of anilines is 12. The molecule has 0 fully saturated rings. The molecule has 4 aromatic heterocycles. The molecular formula is C110H77B2N5O3. The van der Waals surface area contributed by atoms with Crippen LogP contribution in [-0.4, -0.2) is 18.0 Å². The van der Waals surface area contributed by atoms with Crippen LogP contribution in [0, 0.1) is 0 Å². The van der Waals surface area contributed by atoms with Gasteiger partial charge in [0.2, 0.25) is 0 Å². The second kappa shape index (κ2) is 25.4. The molecule has 0 amide bonds. The highest BCUT2D eigenvalue weighted by molar-refractivity contribution is 7.03. The molecule has 0 saturated heterocycles. The summed E-state index contributed by atoms with van der Waals surface area (Å²) in [6, 6.07) is 134. The van der Waals surface area contributed by atoms with Crippen LogP contribution in [0.3, 0.4) is 0 Å². The summed E-state index contributed by atoms with van der Waals surface area (Å²) in [7, 11) is 0. The van der Waals surface area contributed by atoms with Crippen LogP contribution in [-0.2, 0) is 10.8 Å². The molecule has 0 unspecified atom stereocenters. The third-order valence-electron chi connectivity index (χ3n) is 26.2. The maximum atomic E-state index is 7.45. The predicted octanol–water partition coefficient (Wildman–Crippen LogP) is 26.2. The van der Waals surface area contributed by atoms with E-state index in [0.29, 0.717) is 0 Å². The van der Waals surface area contributed by atoms with Crippen molar-refractivity contribution >= 4 is 202 Å². The summed E-state index contributed by atoms with van der Waals surface area (Å²) in [5.74, 6) is 0. The first-order valence-electron chi connectivity index (χ1n) is 41.8. The van der Waals surface area contributed by atoms with Crippen molar-refractivity contribution in [3.8, 4) is 39.1 Å². The number of aromatic nitrogens is 1. The quantitative estimate of drug-likeness (QED) is 0.141. The van der Waals surface area contributed by atoms with Crippen LogP contribution in [0.1, 0.15) is 52.7 Å². The highest BCUT2D eigenvalue weighted by atomic mass is 16.3. The molecule has 8 nitrogen and oxygen atoms in total. The Hall–Kier alpha value is -14.7. The molecule has 4 aliphatic heterocycles. The van der Waals surface area contributed by atoms with E-state index in [1.54, 1.807) is 0 Å². The zero-order valence-electron chi connectivity index (χ0n) is 67.2. The third kappa shape index (κ3) is 9.90. The van der Waals surface area contributed by atoms with Gasteiger partial charge in [0, 0.05) is 105 Å². The first-order valence-corrected chi connectivity index (χ1v) is 41.8. The first-order chi connectivity index (χ1) is 58.8. The summed E-state index contributed by atoms with van der Waals surface area (Å²) in [6.45, 7) is 13.5. The Balaban J connectivity index is 0.863. The normalized spacial score (nSPS) is 13.5. The fourth-order valence-electron chi connectivity index (χ4n) is 20.7. The van der Waals surface area contributed by atoms with Gasteiger partial charge in [0.1, 0.15) is 16.7 Å². The number of hydrogen-bond acceptors (Lipinski definition) is 7. The fraction of sp³-hybridized carbons (Fsp3) is 0.0727. The molecule has 0 N–H and O–H groups in total. The van der Waals surface area contributed by atoms with Crippen LogP contribution in [0.4, 0.5) is 68.2 Å². The summed E-state index contributed by atoms with van der Waals surface area (Å²) >= 11 is 0. The average Bonchev–Trinajstić information content (AvgIpc) is 0.763. The minimum Gasteiger partial charge on any atom is -0.454 e. The maximum absolute atomic E-state index is 7.45. The second-order valence-electron chi connectivity index (χ2n) is 35.0. The van der Waals surface area contributed by atoms with Crippen LogP contribution in [0.2, 0.25) is 0 Å². The monoisotopic (exact) mass is 1540 g/mol. The molecule has 0 radical (unpaired) electrons. The lowest BCUT2D eigenvalue weighted by Gasteiger charge is -2.48. The molecular weight excluding hydrogens is 1460 g/mol. The fourth-order valence-corrected chi connectivity index (χ4v) is 20.7. The predicted molar refractivity (Wildman–Crippen MR) is 504 cm³/mol. The van der Waals surface area contributed by atoms with E-state index < -0.39 is 0 Å². The SMILES string of the molecule is CC(C)(C)c1cc2c3c(c1)N(c1cccc4c1oc1ccccc14)c1cc(-n4c5ccccc5c5ccccc54)ccc1B3c1cc3c(cc1N2c1c(-c2ccccc2)cccc1-c1ccccc1)N(c1cccc2c1oc1ccccc12)c1cc(C(C)(C)C)cc2c1B3c1ccc(-c3ccccc3)cc1N2c1cccc2c1oc1ccccc12. The number of nitrogens with zero attached hydrogens (tertiary/aromatic N) is 5. The van der Waals surface area contributed by atoms with E-state index in [4.69, 9.17) is 13.3 Å². The van der Waals surface area contributed by atoms with E-state index in [9.17, 15) is 0 Å². The summed E-state index contributed by atoms with van der Waals surface area (Å²) in [5.41, 5.74) is 36.3. The van der Waals surface area contributed by atoms with E-state index in [1.165, 1.54) is 54.7 Å². The van der Waals surface area contributed by atoms with Crippen molar-refractivity contribution in [1.29, 1.82) is 0 Å². The Bertz CT molecular complexity index is 7830. The van der Waals surface area contributed by atoms with Crippen molar-refractivity contribution in [1.82, 2.24) is 4.57 Å². The Morgan fingerprint density at radius 1 is 0.233 bits per heavy atom. The van der Waals surface area contributed by atoms with Gasteiger partial charge in [0.05, 0.1) is 33.8 Å². The van der Waals surface area contributed by atoms with Gasteiger partial charge in [0.25, 0.3) is 13.4 Å². The molecule has 21 aromatic rings. The van der Waals surface area contributed by atoms with Crippen molar-refractivity contribution < 1.29 is 13.3 Å². The van der Waals surface area contributed by atoms with Crippen molar-refractivity contribution in [2.75, 3.05) is 19.6 Å². The average molecular weight is 1540 g/mol. The standard InChI is InChI=1S/C110H77B2N5O3/c1-109(2,3)70-59-96-103-97(60-70)116(91-50-29-45-82-79-40-20-25-53-102(79)120-108(82)91)94-65-95-86(64-85(94)111(103)83-56-54-69(66-30-10-7-11-31-66)58-92(83)114(96)89-48-27-43-80-77-38-18-23-51-100(77)118-106(80)89)112-84-57-55-72(113-87-46-21-16-36-75(87)76-37-17-22-47-88(76)113)63-93(84)115(90-49-28-44-81-78-39-19-24-52-101(78)119-107(81)90)98-61-71(110(4,5)6)62-99(104(98)112)117(95)105-73(67-32-12-8-13-33-67)41-26-42-74(105)68-34-14-9-15-35-68/h7-65H,1-6H3. The molecule has 10 heteroatoms. The molecule has 0 saturated carbocycles. The van der Waals surface area contributed by atoms with Gasteiger partial charge in [-0.1, -0.05) is 302 Å². The van der Waals surface area contributed by atoms with Crippen molar-refractivity contribution in [2.24, 2.45) is 0 Å². The van der Waals surface area contributed by atoms with Gasteiger partial charge in [-0.05, 0) is 174 Å². The Labute approximate surface area is 695 Å². The lowest BCUT2D eigenvalue weighted by Crippen LogP contribution is -2.65. The van der Waals surface area contributed by atoms with Crippen molar-refractivity contribution in [2.45, 2.75) is 52.4 Å². The molecule has 0 bridgehead atoms. The largest absolute Gasteiger partial charge is 0.454 e. The molecule has 0 spiro atoms. The lowest BCUT2D eigenvalue weighted by atomic mass is 9.30. The Kier molecular flexibility index (Phi) is 14.5. The number of rotatable bonds is 8. The number of hydrogen-bond donors (Lipinski definition) is 0. The van der Waals surface area contributed by atoms with Crippen LogP contribution >= 0.6 is 0 Å². The topological polar surface area (TPSA) is 57.3 Å². The number of benzene rings is 17. The van der Waals surface area contributed by atoms with Gasteiger partial charge in [-0.3, -0.25) is 0 Å². The van der Waals surface area contributed by atoms with E-state index in [2.05, 4.69) is 424 Å². The first kappa shape index (κ1) is 68.5. The molecule has 120 heavy (non-hydrogen) atoms. The smallest absolute Gasteiger partial charge is 0.252 e. The number of para-hydroxylation sites is 9. The van der Waals surface area contributed by atoms with E-state index in [1.807, 2.05) is 0 Å².